The number of rotatable bonds is 6. The van der Waals surface area contributed by atoms with E-state index in [9.17, 15) is 20.2 Å². The summed E-state index contributed by atoms with van der Waals surface area (Å²) in [5, 5.41) is 25.3. The number of anilines is 2. The molecule has 1 N–H and O–H groups in total. The summed E-state index contributed by atoms with van der Waals surface area (Å²) in [4.78, 5) is 21.4. The van der Waals surface area contributed by atoms with E-state index in [1.165, 1.54) is 18.2 Å². The second-order valence-electron chi connectivity index (χ2n) is 5.48. The summed E-state index contributed by atoms with van der Waals surface area (Å²) in [6.45, 7) is 1.74. The largest absolute Gasteiger partial charge is 0.350 e. The first-order valence-electron chi connectivity index (χ1n) is 7.52. The Labute approximate surface area is 142 Å². The Kier molecular flexibility index (Phi) is 4.59. The highest BCUT2D eigenvalue weighted by Gasteiger charge is 2.30. The SMILES string of the molecule is CC1OC(Cc2cccc(Nc3cccc([N+](=O)[O-])c3)c2[N+](=O)[O-])O1. The van der Waals surface area contributed by atoms with E-state index in [0.717, 1.165) is 0 Å². The topological polar surface area (TPSA) is 117 Å². The summed E-state index contributed by atoms with van der Waals surface area (Å²) < 4.78 is 10.7. The molecule has 0 radical (unpaired) electrons. The normalized spacial score (nSPS) is 19.1. The maximum Gasteiger partial charge on any atom is 0.296 e. The maximum absolute atomic E-state index is 11.5. The van der Waals surface area contributed by atoms with E-state index in [1.54, 1.807) is 31.2 Å². The summed E-state index contributed by atoms with van der Waals surface area (Å²) in [7, 11) is 0. The molecule has 9 heteroatoms. The zero-order valence-corrected chi connectivity index (χ0v) is 13.2. The molecular weight excluding hydrogens is 330 g/mol. The van der Waals surface area contributed by atoms with Crippen LogP contribution < -0.4 is 5.32 Å². The molecule has 1 fully saturated rings. The molecule has 0 saturated carbocycles. The van der Waals surface area contributed by atoms with Crippen LogP contribution >= 0.6 is 0 Å². The molecule has 1 saturated heterocycles. The van der Waals surface area contributed by atoms with Crippen LogP contribution in [0, 0.1) is 20.2 Å². The van der Waals surface area contributed by atoms with Crippen molar-refractivity contribution in [2.24, 2.45) is 0 Å². The highest BCUT2D eigenvalue weighted by atomic mass is 16.9. The predicted octanol–water partition coefficient (Wildman–Crippen LogP) is 3.51. The van der Waals surface area contributed by atoms with Crippen LogP contribution in [-0.4, -0.2) is 22.4 Å². The Morgan fingerprint density at radius 2 is 1.80 bits per heavy atom. The highest BCUT2D eigenvalue weighted by molar-refractivity contribution is 5.72. The van der Waals surface area contributed by atoms with Gasteiger partial charge in [0.25, 0.3) is 11.4 Å². The van der Waals surface area contributed by atoms with Crippen molar-refractivity contribution < 1.29 is 19.3 Å². The molecule has 0 aromatic heterocycles. The first-order chi connectivity index (χ1) is 11.9. The number of hydrogen-bond acceptors (Lipinski definition) is 7. The van der Waals surface area contributed by atoms with E-state index in [1.807, 2.05) is 0 Å². The van der Waals surface area contributed by atoms with Crippen LogP contribution in [0.3, 0.4) is 0 Å². The molecule has 0 amide bonds. The first kappa shape index (κ1) is 16.8. The number of para-hydroxylation sites is 1. The number of nitrogens with zero attached hydrogens (tertiary/aromatic N) is 2. The third-order valence-electron chi connectivity index (χ3n) is 3.71. The van der Waals surface area contributed by atoms with E-state index >= 15 is 0 Å². The van der Waals surface area contributed by atoms with E-state index in [2.05, 4.69) is 5.32 Å². The van der Waals surface area contributed by atoms with Crippen molar-refractivity contribution in [2.75, 3.05) is 5.32 Å². The number of benzene rings is 2. The lowest BCUT2D eigenvalue weighted by Crippen LogP contribution is -2.40. The molecule has 1 aliphatic heterocycles. The molecule has 0 aliphatic carbocycles. The molecule has 1 aliphatic rings. The van der Waals surface area contributed by atoms with Crippen LogP contribution in [0.25, 0.3) is 0 Å². The summed E-state index contributed by atoms with van der Waals surface area (Å²) >= 11 is 0. The average Bonchev–Trinajstić information content (AvgIpc) is 2.53. The molecule has 1 heterocycles. The summed E-state index contributed by atoms with van der Waals surface area (Å²) in [5.41, 5.74) is 0.877. The fourth-order valence-corrected chi connectivity index (χ4v) is 2.64. The van der Waals surface area contributed by atoms with Crippen molar-refractivity contribution in [2.45, 2.75) is 25.9 Å². The molecule has 2 aromatic carbocycles. The van der Waals surface area contributed by atoms with Gasteiger partial charge >= 0.3 is 0 Å². The van der Waals surface area contributed by atoms with Gasteiger partial charge in [0.2, 0.25) is 0 Å². The van der Waals surface area contributed by atoms with Crippen LogP contribution in [0.1, 0.15) is 12.5 Å². The van der Waals surface area contributed by atoms with Crippen molar-refractivity contribution in [3.05, 3.63) is 68.3 Å². The zero-order valence-electron chi connectivity index (χ0n) is 13.2. The monoisotopic (exact) mass is 345 g/mol. The third kappa shape index (κ3) is 3.73. The Hall–Kier alpha value is -3.04. The summed E-state index contributed by atoms with van der Waals surface area (Å²) in [6, 6.07) is 10.6. The lowest BCUT2D eigenvalue weighted by Gasteiger charge is -2.33. The van der Waals surface area contributed by atoms with Gasteiger partial charge in [-0.2, -0.15) is 0 Å². The number of nitrogens with one attached hydrogen (secondary N) is 1. The van der Waals surface area contributed by atoms with Gasteiger partial charge in [0.15, 0.2) is 12.6 Å². The molecular formula is C16H15N3O6. The highest BCUT2D eigenvalue weighted by Crippen LogP contribution is 2.34. The molecule has 0 bridgehead atoms. The van der Waals surface area contributed by atoms with Crippen LogP contribution in [0.2, 0.25) is 0 Å². The van der Waals surface area contributed by atoms with Gasteiger partial charge in [0, 0.05) is 29.8 Å². The van der Waals surface area contributed by atoms with E-state index < -0.39 is 16.1 Å². The Morgan fingerprint density at radius 1 is 1.08 bits per heavy atom. The first-order valence-corrected chi connectivity index (χ1v) is 7.52. The van der Waals surface area contributed by atoms with Gasteiger partial charge in [0.05, 0.1) is 9.85 Å². The molecule has 2 aromatic rings. The standard InChI is InChI=1S/C16H15N3O6/c1-10-24-15(25-10)8-11-4-2-7-14(16(11)19(22)23)17-12-5-3-6-13(9-12)18(20)21/h2-7,9-10,15,17H,8H2,1H3. The Morgan fingerprint density at radius 3 is 2.44 bits per heavy atom. The molecule has 3 rings (SSSR count). The van der Waals surface area contributed by atoms with E-state index in [4.69, 9.17) is 9.47 Å². The van der Waals surface area contributed by atoms with Gasteiger partial charge in [-0.05, 0) is 19.1 Å². The number of nitro benzene ring substituents is 2. The van der Waals surface area contributed by atoms with Gasteiger partial charge in [0.1, 0.15) is 5.69 Å². The minimum Gasteiger partial charge on any atom is -0.350 e. The van der Waals surface area contributed by atoms with Crippen molar-refractivity contribution in [3.8, 4) is 0 Å². The third-order valence-corrected chi connectivity index (χ3v) is 3.71. The van der Waals surface area contributed by atoms with Crippen LogP contribution in [0.5, 0.6) is 0 Å². The molecule has 9 nitrogen and oxygen atoms in total. The fourth-order valence-electron chi connectivity index (χ4n) is 2.64. The Bertz CT molecular complexity index is 819. The minimum absolute atomic E-state index is 0.103. The fraction of sp³-hybridized carbons (Fsp3) is 0.250. The van der Waals surface area contributed by atoms with Crippen molar-refractivity contribution in [1.29, 1.82) is 0 Å². The van der Waals surface area contributed by atoms with Crippen molar-refractivity contribution in [1.82, 2.24) is 0 Å². The average molecular weight is 345 g/mol. The molecule has 0 atom stereocenters. The van der Waals surface area contributed by atoms with Crippen LogP contribution in [-0.2, 0) is 15.9 Å². The van der Waals surface area contributed by atoms with Gasteiger partial charge in [-0.1, -0.05) is 18.2 Å². The quantitative estimate of drug-likeness (QED) is 0.629. The van der Waals surface area contributed by atoms with E-state index in [0.29, 0.717) is 11.3 Å². The lowest BCUT2D eigenvalue weighted by atomic mass is 10.1. The lowest BCUT2D eigenvalue weighted by molar-refractivity contribution is -0.389. The number of non-ortho nitro benzene ring substituents is 1. The predicted molar refractivity (Wildman–Crippen MR) is 88.6 cm³/mol. The summed E-state index contributed by atoms with van der Waals surface area (Å²) in [5.74, 6) is 0. The van der Waals surface area contributed by atoms with Gasteiger partial charge in [-0.15, -0.1) is 0 Å². The van der Waals surface area contributed by atoms with Crippen LogP contribution in [0.15, 0.2) is 42.5 Å². The van der Waals surface area contributed by atoms with Gasteiger partial charge in [-0.25, -0.2) is 0 Å². The zero-order chi connectivity index (χ0) is 18.0. The number of hydrogen-bond donors (Lipinski definition) is 1. The van der Waals surface area contributed by atoms with Gasteiger partial charge < -0.3 is 14.8 Å². The van der Waals surface area contributed by atoms with Crippen molar-refractivity contribution >= 4 is 22.7 Å². The number of ether oxygens (including phenoxy) is 2. The number of nitro groups is 2. The summed E-state index contributed by atoms with van der Waals surface area (Å²) in [6.07, 6.45) is -0.581. The van der Waals surface area contributed by atoms with E-state index in [-0.39, 0.29) is 29.8 Å². The van der Waals surface area contributed by atoms with Crippen molar-refractivity contribution in [3.63, 3.8) is 0 Å². The Balaban J connectivity index is 1.89. The molecule has 0 unspecified atom stereocenters. The smallest absolute Gasteiger partial charge is 0.296 e. The molecule has 25 heavy (non-hydrogen) atoms. The van der Waals surface area contributed by atoms with Crippen LogP contribution in [0.4, 0.5) is 22.7 Å². The molecule has 130 valence electrons. The second-order valence-corrected chi connectivity index (χ2v) is 5.48. The van der Waals surface area contributed by atoms with Gasteiger partial charge in [-0.3, -0.25) is 20.2 Å². The molecule has 0 spiro atoms. The second kappa shape index (κ2) is 6.83. The maximum atomic E-state index is 11.5. The minimum atomic E-state index is -0.525.